The Labute approximate surface area is 96.9 Å². The summed E-state index contributed by atoms with van der Waals surface area (Å²) in [6.07, 6.45) is 0. The molecule has 0 unspecified atom stereocenters. The first-order valence-electron chi connectivity index (χ1n) is 5.00. The van der Waals surface area contributed by atoms with Gasteiger partial charge in [0.25, 0.3) is 0 Å². The Morgan fingerprint density at radius 1 is 1.24 bits per heavy atom. The molecule has 1 aliphatic heterocycles. The molecular weight excluding hydrogens is 224 g/mol. The number of urea groups is 2. The lowest BCUT2D eigenvalue weighted by Crippen LogP contribution is -2.37. The zero-order valence-electron chi connectivity index (χ0n) is 8.87. The highest BCUT2D eigenvalue weighted by atomic mass is 16.3. The van der Waals surface area contributed by atoms with Crippen LogP contribution < -0.4 is 5.32 Å². The van der Waals surface area contributed by atoms with Gasteiger partial charge in [-0.15, -0.1) is 4.91 Å². The van der Waals surface area contributed by atoms with Gasteiger partial charge >= 0.3 is 12.1 Å². The van der Waals surface area contributed by atoms with Gasteiger partial charge in [0.2, 0.25) is 0 Å². The maximum absolute atomic E-state index is 11.7. The molecule has 1 saturated heterocycles. The maximum Gasteiger partial charge on any atom is 0.351 e. The van der Waals surface area contributed by atoms with Crippen LogP contribution in [-0.4, -0.2) is 35.1 Å². The summed E-state index contributed by atoms with van der Waals surface area (Å²) in [6, 6.07) is 7.49. The molecule has 0 aliphatic carbocycles. The van der Waals surface area contributed by atoms with Crippen LogP contribution in [0, 0.1) is 4.91 Å². The predicted octanol–water partition coefficient (Wildman–Crippen LogP) is 1.64. The molecule has 4 amide bonds. The molecule has 1 N–H and O–H groups in total. The van der Waals surface area contributed by atoms with Crippen molar-refractivity contribution in [3.63, 3.8) is 0 Å². The van der Waals surface area contributed by atoms with E-state index in [-0.39, 0.29) is 13.1 Å². The van der Waals surface area contributed by atoms with Crippen LogP contribution in [0.15, 0.2) is 35.6 Å². The molecule has 0 aromatic heterocycles. The Hall–Kier alpha value is -2.44. The number of imide groups is 1. The number of carbonyl (C=O) groups is 2. The summed E-state index contributed by atoms with van der Waals surface area (Å²) in [5.74, 6) is 0. The Balaban J connectivity index is 2.02. The van der Waals surface area contributed by atoms with Gasteiger partial charge in [0.05, 0.1) is 18.4 Å². The summed E-state index contributed by atoms with van der Waals surface area (Å²) in [7, 11) is 0. The number of benzene rings is 1. The summed E-state index contributed by atoms with van der Waals surface area (Å²) in [4.78, 5) is 34.4. The number of anilines is 1. The SMILES string of the molecule is O=NN1CCN(C(=O)Nc2ccccc2)C1=O. The molecule has 1 aromatic rings. The fourth-order valence-electron chi connectivity index (χ4n) is 1.50. The quantitative estimate of drug-likeness (QED) is 0.789. The first-order valence-corrected chi connectivity index (χ1v) is 5.00. The summed E-state index contributed by atoms with van der Waals surface area (Å²) in [5, 5.41) is 5.79. The molecule has 17 heavy (non-hydrogen) atoms. The van der Waals surface area contributed by atoms with Crippen LogP contribution in [0.3, 0.4) is 0 Å². The van der Waals surface area contributed by atoms with E-state index < -0.39 is 12.1 Å². The van der Waals surface area contributed by atoms with Crippen LogP contribution >= 0.6 is 0 Å². The fourth-order valence-corrected chi connectivity index (χ4v) is 1.50. The average Bonchev–Trinajstić information content (AvgIpc) is 2.71. The Bertz CT molecular complexity index is 448. The van der Waals surface area contributed by atoms with Crippen molar-refractivity contribution in [2.75, 3.05) is 18.4 Å². The van der Waals surface area contributed by atoms with Crippen molar-refractivity contribution in [2.24, 2.45) is 5.29 Å². The third kappa shape index (κ3) is 2.22. The Morgan fingerprint density at radius 2 is 1.94 bits per heavy atom. The highest BCUT2D eigenvalue weighted by molar-refractivity contribution is 6.01. The minimum atomic E-state index is -0.701. The summed E-state index contributed by atoms with van der Waals surface area (Å²) >= 11 is 0. The number of para-hydroxylation sites is 1. The van der Waals surface area contributed by atoms with E-state index >= 15 is 0 Å². The smallest absolute Gasteiger partial charge is 0.307 e. The lowest BCUT2D eigenvalue weighted by Gasteiger charge is -2.13. The van der Waals surface area contributed by atoms with E-state index in [2.05, 4.69) is 10.6 Å². The molecule has 1 aromatic carbocycles. The van der Waals surface area contributed by atoms with Gasteiger partial charge in [-0.25, -0.2) is 14.5 Å². The van der Waals surface area contributed by atoms with E-state index in [4.69, 9.17) is 0 Å². The van der Waals surface area contributed by atoms with Crippen molar-refractivity contribution in [1.29, 1.82) is 0 Å². The standard InChI is InChI=1S/C10H10N4O3/c15-9(11-8-4-2-1-3-5-8)13-6-7-14(12-17)10(13)16/h1-5H,6-7H2,(H,11,15). The predicted molar refractivity (Wildman–Crippen MR) is 60.1 cm³/mol. The van der Waals surface area contributed by atoms with Gasteiger partial charge < -0.3 is 5.32 Å². The second-order valence-electron chi connectivity index (χ2n) is 3.44. The molecule has 0 spiro atoms. The molecule has 0 atom stereocenters. The zero-order valence-corrected chi connectivity index (χ0v) is 8.87. The van der Waals surface area contributed by atoms with Crippen LogP contribution in [0.25, 0.3) is 0 Å². The highest BCUT2D eigenvalue weighted by Gasteiger charge is 2.34. The summed E-state index contributed by atoms with van der Waals surface area (Å²) in [6.45, 7) is 0.285. The van der Waals surface area contributed by atoms with Crippen molar-refractivity contribution in [1.82, 2.24) is 9.91 Å². The number of nitrogens with zero attached hydrogens (tertiary/aromatic N) is 3. The molecule has 7 heteroatoms. The topological polar surface area (TPSA) is 82.1 Å². The van der Waals surface area contributed by atoms with Crippen LogP contribution in [0.5, 0.6) is 0 Å². The van der Waals surface area contributed by atoms with E-state index in [0.717, 1.165) is 4.90 Å². The highest BCUT2D eigenvalue weighted by Crippen LogP contribution is 2.12. The van der Waals surface area contributed by atoms with E-state index in [1.54, 1.807) is 24.3 Å². The molecule has 1 heterocycles. The lowest BCUT2D eigenvalue weighted by molar-refractivity contribution is 0.191. The van der Waals surface area contributed by atoms with Crippen LogP contribution in [0.2, 0.25) is 0 Å². The monoisotopic (exact) mass is 234 g/mol. The number of rotatable bonds is 2. The minimum Gasteiger partial charge on any atom is -0.307 e. The van der Waals surface area contributed by atoms with Gasteiger partial charge in [-0.2, -0.15) is 5.01 Å². The molecule has 1 fully saturated rings. The molecular formula is C10H10N4O3. The molecule has 7 nitrogen and oxygen atoms in total. The van der Waals surface area contributed by atoms with E-state index in [9.17, 15) is 14.5 Å². The van der Waals surface area contributed by atoms with Crippen molar-refractivity contribution in [3.05, 3.63) is 35.2 Å². The van der Waals surface area contributed by atoms with E-state index in [0.29, 0.717) is 10.7 Å². The number of hydrogen-bond acceptors (Lipinski definition) is 4. The van der Waals surface area contributed by atoms with Crippen molar-refractivity contribution in [2.45, 2.75) is 0 Å². The lowest BCUT2D eigenvalue weighted by atomic mass is 10.3. The van der Waals surface area contributed by atoms with E-state index in [1.807, 2.05) is 6.07 Å². The Morgan fingerprint density at radius 3 is 2.53 bits per heavy atom. The van der Waals surface area contributed by atoms with Gasteiger partial charge in [-0.1, -0.05) is 18.2 Å². The zero-order chi connectivity index (χ0) is 12.3. The third-order valence-electron chi connectivity index (χ3n) is 2.36. The number of nitrogens with one attached hydrogen (secondary N) is 1. The Kier molecular flexibility index (Phi) is 2.99. The number of carbonyl (C=O) groups excluding carboxylic acids is 2. The summed E-state index contributed by atoms with van der Waals surface area (Å²) in [5.41, 5.74) is 0.586. The molecule has 0 bridgehead atoms. The van der Waals surface area contributed by atoms with Gasteiger partial charge in [0.1, 0.15) is 0 Å². The van der Waals surface area contributed by atoms with Crippen molar-refractivity contribution in [3.8, 4) is 0 Å². The third-order valence-corrected chi connectivity index (χ3v) is 2.36. The molecule has 0 saturated carbocycles. The fraction of sp³-hybridized carbons (Fsp3) is 0.200. The molecule has 88 valence electrons. The normalized spacial score (nSPS) is 14.9. The van der Waals surface area contributed by atoms with Crippen LogP contribution in [0.1, 0.15) is 0 Å². The number of amides is 4. The average molecular weight is 234 g/mol. The number of hydrogen-bond donors (Lipinski definition) is 1. The first-order chi connectivity index (χ1) is 8.22. The van der Waals surface area contributed by atoms with E-state index in [1.165, 1.54) is 0 Å². The van der Waals surface area contributed by atoms with Gasteiger partial charge in [-0.3, -0.25) is 0 Å². The molecule has 2 rings (SSSR count). The maximum atomic E-state index is 11.7. The summed E-state index contributed by atoms with van der Waals surface area (Å²) < 4.78 is 0. The second kappa shape index (κ2) is 4.60. The first kappa shape index (κ1) is 11.1. The van der Waals surface area contributed by atoms with Crippen molar-refractivity contribution >= 4 is 17.7 Å². The molecule has 0 radical (unpaired) electrons. The largest absolute Gasteiger partial charge is 0.351 e. The number of nitroso groups, excluding NO2 is 1. The van der Waals surface area contributed by atoms with Gasteiger partial charge in [-0.05, 0) is 12.1 Å². The molecule has 1 aliphatic rings. The van der Waals surface area contributed by atoms with Gasteiger partial charge in [0.15, 0.2) is 0 Å². The minimum absolute atomic E-state index is 0.130. The van der Waals surface area contributed by atoms with Crippen LogP contribution in [-0.2, 0) is 0 Å². The van der Waals surface area contributed by atoms with Gasteiger partial charge in [0, 0.05) is 5.69 Å². The van der Waals surface area contributed by atoms with Crippen molar-refractivity contribution < 1.29 is 9.59 Å². The second-order valence-corrected chi connectivity index (χ2v) is 3.44. The van der Waals surface area contributed by atoms with Crippen LogP contribution in [0.4, 0.5) is 15.3 Å².